The van der Waals surface area contributed by atoms with Crippen LogP contribution < -0.4 is 4.90 Å². The first-order valence-corrected chi connectivity index (χ1v) is 8.26. The number of halogens is 1. The van der Waals surface area contributed by atoms with Crippen molar-refractivity contribution in [2.75, 3.05) is 19.0 Å². The van der Waals surface area contributed by atoms with Gasteiger partial charge >= 0.3 is 0 Å². The molecule has 7 heteroatoms. The predicted molar refractivity (Wildman–Crippen MR) is 80.9 cm³/mol. The second-order valence-corrected chi connectivity index (χ2v) is 7.06. The lowest BCUT2D eigenvalue weighted by Gasteiger charge is -2.11. The predicted octanol–water partition coefficient (Wildman–Crippen LogP) is 2.75. The molecule has 2 rings (SSSR count). The van der Waals surface area contributed by atoms with E-state index in [1.165, 1.54) is 17.6 Å². The Morgan fingerprint density at radius 1 is 1.40 bits per heavy atom. The quantitative estimate of drug-likeness (QED) is 0.851. The SMILES string of the molecule is C[C@@H](c1ccccc1F)[S@](=O)Cc1nsc(N(C)C)n1. The topological polar surface area (TPSA) is 46.1 Å². The molecule has 1 heterocycles. The highest BCUT2D eigenvalue weighted by atomic mass is 32.2. The molecule has 0 radical (unpaired) electrons. The molecule has 0 N–H and O–H groups in total. The van der Waals surface area contributed by atoms with Gasteiger partial charge in [0.05, 0.1) is 11.0 Å². The van der Waals surface area contributed by atoms with Crippen molar-refractivity contribution in [3.63, 3.8) is 0 Å². The van der Waals surface area contributed by atoms with Gasteiger partial charge in [-0.15, -0.1) is 0 Å². The number of rotatable bonds is 5. The lowest BCUT2D eigenvalue weighted by Crippen LogP contribution is -2.10. The molecular formula is C13H16FN3OS2. The second-order valence-electron chi connectivity index (χ2n) is 4.58. The highest BCUT2D eigenvalue weighted by Gasteiger charge is 2.19. The lowest BCUT2D eigenvalue weighted by atomic mass is 10.1. The van der Waals surface area contributed by atoms with Gasteiger partial charge in [0.15, 0.2) is 5.82 Å². The molecular weight excluding hydrogens is 297 g/mol. The van der Waals surface area contributed by atoms with Gasteiger partial charge in [0, 0.05) is 42.0 Å². The van der Waals surface area contributed by atoms with Crippen LogP contribution in [0.3, 0.4) is 0 Å². The first kappa shape index (κ1) is 15.1. The van der Waals surface area contributed by atoms with Gasteiger partial charge < -0.3 is 4.90 Å². The van der Waals surface area contributed by atoms with Crippen LogP contribution in [0.4, 0.5) is 9.52 Å². The molecule has 108 valence electrons. The number of anilines is 1. The molecule has 0 unspecified atom stereocenters. The summed E-state index contributed by atoms with van der Waals surface area (Å²) in [6.07, 6.45) is 0. The van der Waals surface area contributed by atoms with Gasteiger partial charge in [0.25, 0.3) is 0 Å². The van der Waals surface area contributed by atoms with Crippen molar-refractivity contribution in [2.45, 2.75) is 17.9 Å². The zero-order chi connectivity index (χ0) is 14.7. The summed E-state index contributed by atoms with van der Waals surface area (Å²) < 4.78 is 30.2. The smallest absolute Gasteiger partial charge is 0.204 e. The van der Waals surface area contributed by atoms with E-state index >= 15 is 0 Å². The van der Waals surface area contributed by atoms with Crippen molar-refractivity contribution < 1.29 is 8.60 Å². The average molecular weight is 313 g/mol. The first-order chi connectivity index (χ1) is 9.49. The molecule has 0 saturated carbocycles. The van der Waals surface area contributed by atoms with E-state index in [1.807, 2.05) is 19.0 Å². The minimum Gasteiger partial charge on any atom is -0.353 e. The summed E-state index contributed by atoms with van der Waals surface area (Å²) in [7, 11) is 2.50. The summed E-state index contributed by atoms with van der Waals surface area (Å²) in [5, 5.41) is 0.387. The highest BCUT2D eigenvalue weighted by molar-refractivity contribution is 7.84. The van der Waals surface area contributed by atoms with Crippen LogP contribution in [0.15, 0.2) is 24.3 Å². The minimum absolute atomic E-state index is 0.236. The van der Waals surface area contributed by atoms with Gasteiger partial charge in [0.1, 0.15) is 5.82 Å². The summed E-state index contributed by atoms with van der Waals surface area (Å²) in [6.45, 7) is 1.76. The number of hydrogen-bond donors (Lipinski definition) is 0. The van der Waals surface area contributed by atoms with Crippen LogP contribution in [0.5, 0.6) is 0 Å². The molecule has 1 aromatic carbocycles. The molecule has 20 heavy (non-hydrogen) atoms. The Labute approximate surface area is 124 Å². The van der Waals surface area contributed by atoms with Gasteiger partial charge in [-0.3, -0.25) is 4.21 Å². The summed E-state index contributed by atoms with van der Waals surface area (Å²) in [6, 6.07) is 6.42. The van der Waals surface area contributed by atoms with E-state index in [2.05, 4.69) is 9.36 Å². The van der Waals surface area contributed by atoms with E-state index < -0.39 is 10.8 Å². The summed E-state index contributed by atoms with van der Waals surface area (Å²) in [4.78, 5) is 6.15. The van der Waals surface area contributed by atoms with Gasteiger partial charge in [-0.25, -0.2) is 9.37 Å². The Hall–Kier alpha value is -1.34. The van der Waals surface area contributed by atoms with Crippen molar-refractivity contribution in [2.24, 2.45) is 0 Å². The van der Waals surface area contributed by atoms with E-state index in [1.54, 1.807) is 25.1 Å². The molecule has 0 spiro atoms. The number of nitrogens with zero attached hydrogens (tertiary/aromatic N) is 3. The molecule has 0 aliphatic rings. The zero-order valence-corrected chi connectivity index (χ0v) is 13.2. The molecule has 0 bridgehead atoms. The maximum absolute atomic E-state index is 13.7. The number of hydrogen-bond acceptors (Lipinski definition) is 5. The zero-order valence-electron chi connectivity index (χ0n) is 11.5. The van der Waals surface area contributed by atoms with Gasteiger partial charge in [-0.05, 0) is 13.0 Å². The number of aromatic nitrogens is 2. The van der Waals surface area contributed by atoms with Crippen molar-refractivity contribution in [1.29, 1.82) is 0 Å². The molecule has 1 aromatic heterocycles. The monoisotopic (exact) mass is 313 g/mol. The summed E-state index contributed by atoms with van der Waals surface area (Å²) in [5.74, 6) is 0.452. The van der Waals surface area contributed by atoms with Crippen molar-refractivity contribution >= 4 is 27.5 Å². The lowest BCUT2D eigenvalue weighted by molar-refractivity contribution is 0.606. The standard InChI is InChI=1S/C13H16FN3OS2/c1-9(10-6-4-5-7-11(10)14)20(18)8-12-15-13(17(2)3)19-16-12/h4-7,9H,8H2,1-3H3/t9-,20+/m0/s1. The Balaban J connectivity index is 2.09. The molecule has 2 atom stereocenters. The number of benzene rings is 1. The normalized spacial score (nSPS) is 14.0. The van der Waals surface area contributed by atoms with Crippen LogP contribution in [-0.2, 0) is 16.6 Å². The minimum atomic E-state index is -1.25. The molecule has 0 amide bonds. The van der Waals surface area contributed by atoms with E-state index in [-0.39, 0.29) is 16.8 Å². The van der Waals surface area contributed by atoms with Crippen LogP contribution in [0.1, 0.15) is 23.6 Å². The van der Waals surface area contributed by atoms with Gasteiger partial charge in [-0.1, -0.05) is 18.2 Å². The third kappa shape index (κ3) is 3.40. The van der Waals surface area contributed by atoms with Gasteiger partial charge in [-0.2, -0.15) is 4.37 Å². The van der Waals surface area contributed by atoms with Crippen LogP contribution in [0.25, 0.3) is 0 Å². The fourth-order valence-corrected chi connectivity index (χ4v) is 3.48. The van der Waals surface area contributed by atoms with Crippen molar-refractivity contribution in [1.82, 2.24) is 9.36 Å². The largest absolute Gasteiger partial charge is 0.353 e. The van der Waals surface area contributed by atoms with E-state index in [9.17, 15) is 8.60 Å². The Kier molecular flexibility index (Phi) is 4.82. The maximum atomic E-state index is 13.7. The Morgan fingerprint density at radius 2 is 2.10 bits per heavy atom. The molecule has 0 fully saturated rings. The molecule has 2 aromatic rings. The average Bonchev–Trinajstić information content (AvgIpc) is 2.87. The molecule has 0 aliphatic carbocycles. The van der Waals surface area contributed by atoms with E-state index in [0.717, 1.165) is 5.13 Å². The van der Waals surface area contributed by atoms with Crippen LogP contribution in [0, 0.1) is 5.82 Å². The van der Waals surface area contributed by atoms with E-state index in [4.69, 9.17) is 0 Å². The van der Waals surface area contributed by atoms with Gasteiger partial charge in [0.2, 0.25) is 5.13 Å². The molecule has 4 nitrogen and oxygen atoms in total. The van der Waals surface area contributed by atoms with E-state index in [0.29, 0.717) is 11.4 Å². The van der Waals surface area contributed by atoms with Crippen LogP contribution in [-0.4, -0.2) is 27.7 Å². The maximum Gasteiger partial charge on any atom is 0.204 e. The third-order valence-corrected chi connectivity index (χ3v) is 5.36. The van der Waals surface area contributed by atoms with Crippen molar-refractivity contribution in [3.05, 3.63) is 41.5 Å². The molecule has 0 aliphatic heterocycles. The van der Waals surface area contributed by atoms with Crippen LogP contribution in [0.2, 0.25) is 0 Å². The first-order valence-electron chi connectivity index (χ1n) is 6.10. The van der Waals surface area contributed by atoms with Crippen molar-refractivity contribution in [3.8, 4) is 0 Å². The molecule has 0 saturated heterocycles. The summed E-state index contributed by atoms with van der Waals surface area (Å²) >= 11 is 1.27. The Morgan fingerprint density at radius 3 is 2.70 bits per heavy atom. The summed E-state index contributed by atoms with van der Waals surface area (Å²) in [5.41, 5.74) is 0.467. The van der Waals surface area contributed by atoms with Crippen LogP contribution >= 0.6 is 11.5 Å². The third-order valence-electron chi connectivity index (χ3n) is 2.85. The fourth-order valence-electron chi connectivity index (χ4n) is 1.68. The highest BCUT2D eigenvalue weighted by Crippen LogP contribution is 2.24. The Bertz CT molecular complexity index is 615. The fraction of sp³-hybridized carbons (Fsp3) is 0.385. The second kappa shape index (κ2) is 6.41.